The lowest BCUT2D eigenvalue weighted by molar-refractivity contribution is -0.104. The molecule has 1 unspecified atom stereocenters. The number of piperazine rings is 1. The van der Waals surface area contributed by atoms with Gasteiger partial charge in [0.2, 0.25) is 10.0 Å². The molecule has 1 amide bonds. The van der Waals surface area contributed by atoms with Gasteiger partial charge in [-0.1, -0.05) is 36.7 Å². The monoisotopic (exact) mass is 796 g/mol. The highest BCUT2D eigenvalue weighted by molar-refractivity contribution is 7.90. The summed E-state index contributed by atoms with van der Waals surface area (Å²) in [6.45, 7) is 11.4. The first kappa shape index (κ1) is 39.1. The van der Waals surface area contributed by atoms with Gasteiger partial charge < -0.3 is 14.4 Å². The summed E-state index contributed by atoms with van der Waals surface area (Å²) >= 11 is 6.51. The number of carbonyl (C=O) groups is 1. The Morgan fingerprint density at radius 2 is 1.91 bits per heavy atom. The Morgan fingerprint density at radius 3 is 2.69 bits per heavy atom. The Hall–Kier alpha value is -2.70. The third kappa shape index (κ3) is 7.57. The first-order valence-corrected chi connectivity index (χ1v) is 22.4. The van der Waals surface area contributed by atoms with Gasteiger partial charge in [0.15, 0.2) is 0 Å². The highest BCUT2D eigenvalue weighted by Crippen LogP contribution is 2.49. The Morgan fingerprint density at radius 1 is 1.07 bits per heavy atom. The quantitative estimate of drug-likeness (QED) is 0.341. The number of anilines is 1. The molecule has 300 valence electrons. The maximum Gasteiger partial charge on any atom is 0.264 e. The van der Waals surface area contributed by atoms with Crippen LogP contribution in [0.2, 0.25) is 5.02 Å². The minimum Gasteiger partial charge on any atom is -0.490 e. The molecule has 2 saturated heterocycles. The summed E-state index contributed by atoms with van der Waals surface area (Å²) in [5, 5.41) is -0.0741. The molecular weight excluding hydrogens is 739 g/mol. The van der Waals surface area contributed by atoms with E-state index >= 15 is 4.39 Å². The number of amides is 1. The highest BCUT2D eigenvalue weighted by atomic mass is 35.5. The van der Waals surface area contributed by atoms with Gasteiger partial charge in [-0.3, -0.25) is 14.6 Å². The van der Waals surface area contributed by atoms with E-state index in [9.17, 15) is 13.2 Å². The van der Waals surface area contributed by atoms with Crippen LogP contribution in [0.5, 0.6) is 5.75 Å². The molecule has 8 rings (SSSR count). The van der Waals surface area contributed by atoms with E-state index in [0.29, 0.717) is 44.7 Å². The molecule has 3 fully saturated rings. The van der Waals surface area contributed by atoms with Crippen molar-refractivity contribution in [3.8, 4) is 5.75 Å². The number of rotatable bonds is 3. The second-order valence-electron chi connectivity index (χ2n) is 18.0. The van der Waals surface area contributed by atoms with E-state index < -0.39 is 32.5 Å². The number of hydrogen-bond donors (Lipinski definition) is 1. The molecule has 0 aromatic heterocycles. The van der Waals surface area contributed by atoms with E-state index in [1.54, 1.807) is 19.9 Å². The predicted molar refractivity (Wildman–Crippen MR) is 215 cm³/mol. The number of halogens is 2. The molecule has 2 aliphatic carbocycles. The zero-order valence-electron chi connectivity index (χ0n) is 32.9. The van der Waals surface area contributed by atoms with Gasteiger partial charge >= 0.3 is 0 Å². The summed E-state index contributed by atoms with van der Waals surface area (Å²) in [5.74, 6) is 0.288. The van der Waals surface area contributed by atoms with Gasteiger partial charge in [0, 0.05) is 75.0 Å². The van der Waals surface area contributed by atoms with E-state index in [4.69, 9.17) is 21.1 Å². The topological polar surface area (TPSA) is 91.4 Å². The zero-order chi connectivity index (χ0) is 38.8. The minimum absolute atomic E-state index is 0.173. The number of alkyl halides is 1. The number of benzene rings is 2. The number of nitrogens with one attached hydrogen (secondary N) is 1. The van der Waals surface area contributed by atoms with Crippen LogP contribution >= 0.6 is 11.6 Å². The lowest BCUT2D eigenvalue weighted by Crippen LogP contribution is -2.62. The number of sulfonamides is 1. The van der Waals surface area contributed by atoms with Crippen LogP contribution in [0.4, 0.5) is 10.1 Å². The van der Waals surface area contributed by atoms with Gasteiger partial charge in [-0.15, -0.1) is 0 Å². The van der Waals surface area contributed by atoms with E-state index in [2.05, 4.69) is 43.7 Å². The zero-order valence-corrected chi connectivity index (χ0v) is 34.4. The molecule has 9 nitrogen and oxygen atoms in total. The molecule has 1 spiro atoms. The molecule has 6 aliphatic rings. The van der Waals surface area contributed by atoms with Crippen LogP contribution in [0.25, 0.3) is 0 Å². The normalized spacial score (nSPS) is 37.3. The van der Waals surface area contributed by atoms with Crippen LogP contribution in [0.15, 0.2) is 48.6 Å². The smallest absolute Gasteiger partial charge is 0.264 e. The largest absolute Gasteiger partial charge is 0.490 e. The van der Waals surface area contributed by atoms with Gasteiger partial charge in [0.1, 0.15) is 17.0 Å². The van der Waals surface area contributed by atoms with Crippen LogP contribution in [0, 0.1) is 17.8 Å². The van der Waals surface area contributed by atoms with Crippen molar-refractivity contribution in [3.05, 3.63) is 70.3 Å². The van der Waals surface area contributed by atoms with Gasteiger partial charge in [-0.2, -0.15) is 0 Å². The van der Waals surface area contributed by atoms with Crippen LogP contribution in [0.3, 0.4) is 0 Å². The average Bonchev–Trinajstić information content (AvgIpc) is 3.28. The molecule has 1 saturated carbocycles. The summed E-state index contributed by atoms with van der Waals surface area (Å²) < 4.78 is 58.4. The first-order chi connectivity index (χ1) is 26.2. The Balaban J connectivity index is 1.18. The molecule has 0 radical (unpaired) electrons. The number of aryl methyl sites for hydroxylation is 1. The van der Waals surface area contributed by atoms with E-state index in [0.717, 1.165) is 75.5 Å². The van der Waals surface area contributed by atoms with Crippen molar-refractivity contribution in [2.24, 2.45) is 17.8 Å². The van der Waals surface area contributed by atoms with Crippen LogP contribution in [-0.2, 0) is 26.6 Å². The third-order valence-corrected chi connectivity index (χ3v) is 16.5. The van der Waals surface area contributed by atoms with Crippen LogP contribution in [0.1, 0.15) is 87.2 Å². The number of carbonyl (C=O) groups excluding carboxylic acids is 1. The molecule has 12 heteroatoms. The van der Waals surface area contributed by atoms with Crippen molar-refractivity contribution in [2.75, 3.05) is 64.4 Å². The lowest BCUT2D eigenvalue weighted by Gasteiger charge is -2.53. The average molecular weight is 797 g/mol. The van der Waals surface area contributed by atoms with Crippen molar-refractivity contribution in [1.29, 1.82) is 0 Å². The van der Waals surface area contributed by atoms with Crippen molar-refractivity contribution >= 4 is 33.2 Å². The van der Waals surface area contributed by atoms with Crippen molar-refractivity contribution < 1.29 is 27.1 Å². The summed E-state index contributed by atoms with van der Waals surface area (Å²) in [6, 6.07) is 11.7. The highest BCUT2D eigenvalue weighted by Gasteiger charge is 2.51. The standard InChI is InChI=1S/C43H58ClFN4O5S/c1-29-7-5-16-43(53-4,27-47-19-20-48-18-17-41(3,45)23-35(48)25-47)37-12-9-33(37)24-49-26-42(15-6-8-31-21-34(44)11-13-36(31)42)28-54-39-14-10-32(22-38(39)49)40(50)46-55(51,52)30(29)2/h5,10-11,13-14,16,21-22,29-30,33,35,37H,6-9,12,15,17-20,23-28H2,1-4H3,(H,46,50)/b16-5+/t29-,30+,33-,35-,37+,41?,42-,43+/m0/s1. The summed E-state index contributed by atoms with van der Waals surface area (Å²) in [4.78, 5) is 21.0. The fourth-order valence-electron chi connectivity index (χ4n) is 10.7. The van der Waals surface area contributed by atoms with Crippen LogP contribution < -0.4 is 14.4 Å². The molecule has 55 heavy (non-hydrogen) atoms. The molecule has 2 aromatic carbocycles. The SMILES string of the molecule is CO[C@@]1(CN2CCN3CCC(C)(F)C[C@H]3C2)/C=C/C[C@H](C)[C@@H](C)S(=O)(=O)NC(=O)c2ccc3c(c2)N(C[C@@H]2CC[C@H]21)C[C@@]1(CCCc2cc(Cl)ccc21)CO3. The maximum atomic E-state index is 15.3. The third-order valence-electron chi connectivity index (χ3n) is 14.4. The number of allylic oxidation sites excluding steroid dienone is 1. The molecule has 2 aromatic rings. The summed E-state index contributed by atoms with van der Waals surface area (Å²) in [7, 11) is -2.17. The Kier molecular flexibility index (Phi) is 10.6. The number of piperidine rings is 1. The van der Waals surface area contributed by atoms with E-state index in [1.165, 1.54) is 11.1 Å². The number of methoxy groups -OCH3 is 1. The van der Waals surface area contributed by atoms with Gasteiger partial charge in [-0.05, 0) is 124 Å². The van der Waals surface area contributed by atoms with E-state index in [1.807, 2.05) is 32.2 Å². The molecule has 2 bridgehead atoms. The predicted octanol–water partition coefficient (Wildman–Crippen LogP) is 6.78. The number of nitrogens with zero attached hydrogens (tertiary/aromatic N) is 3. The first-order valence-electron chi connectivity index (χ1n) is 20.4. The molecule has 8 atom stereocenters. The van der Waals surface area contributed by atoms with Crippen LogP contribution in [-0.4, -0.2) is 106 Å². The second kappa shape index (κ2) is 14.9. The minimum atomic E-state index is -3.99. The maximum absolute atomic E-state index is 15.3. The second-order valence-corrected chi connectivity index (χ2v) is 20.5. The van der Waals surface area contributed by atoms with Crippen molar-refractivity contribution in [2.45, 2.75) is 100 Å². The summed E-state index contributed by atoms with van der Waals surface area (Å²) in [5.41, 5.74) is 1.56. The number of hydrogen-bond acceptors (Lipinski definition) is 8. The Bertz CT molecular complexity index is 1930. The Labute approximate surface area is 332 Å². The van der Waals surface area contributed by atoms with Crippen molar-refractivity contribution in [1.82, 2.24) is 14.5 Å². The molecule has 1 N–H and O–H groups in total. The molecular formula is C43H58ClFN4O5S. The summed E-state index contributed by atoms with van der Waals surface area (Å²) in [6.07, 6.45) is 11.0. The van der Waals surface area contributed by atoms with Crippen molar-refractivity contribution in [3.63, 3.8) is 0 Å². The molecule has 4 aliphatic heterocycles. The van der Waals surface area contributed by atoms with Gasteiger partial charge in [-0.25, -0.2) is 17.5 Å². The lowest BCUT2D eigenvalue weighted by atomic mass is 9.63. The molecule has 4 heterocycles. The van der Waals surface area contributed by atoms with E-state index in [-0.39, 0.29) is 34.8 Å². The van der Waals surface area contributed by atoms with Gasteiger partial charge in [0.25, 0.3) is 5.91 Å². The fourth-order valence-corrected chi connectivity index (χ4v) is 12.2. The number of fused-ring (bicyclic) bond motifs is 5. The number of ether oxygens (including phenoxy) is 2. The van der Waals surface area contributed by atoms with Gasteiger partial charge in [0.05, 0.1) is 17.5 Å². The fraction of sp³-hybridized carbons (Fsp3) is 0.651.